The molecule has 0 saturated heterocycles. The molecule has 0 unspecified atom stereocenters. The molecule has 0 N–H and O–H groups in total. The zero-order valence-electron chi connectivity index (χ0n) is 14.3. The molecule has 0 atom stereocenters. The highest BCUT2D eigenvalue weighted by Gasteiger charge is 2.13. The van der Waals surface area contributed by atoms with Gasteiger partial charge in [0.15, 0.2) is 5.82 Å². The molecule has 0 saturated carbocycles. The van der Waals surface area contributed by atoms with Gasteiger partial charge in [0.2, 0.25) is 5.88 Å². The number of benzene rings is 1. The monoisotopic (exact) mass is 347 g/mol. The fraction of sp³-hybridized carbons (Fsp3) is 0.150. The molecule has 124 valence electrons. The number of nitrogens with zero attached hydrogens (tertiary/aromatic N) is 3. The van der Waals surface area contributed by atoms with Crippen LogP contribution in [0.2, 0.25) is 0 Å². The Bertz CT molecular complexity index is 1070. The Morgan fingerprint density at radius 3 is 2.60 bits per heavy atom. The summed E-state index contributed by atoms with van der Waals surface area (Å²) in [6, 6.07) is 14.3. The van der Waals surface area contributed by atoms with Crippen molar-refractivity contribution in [1.82, 2.24) is 15.0 Å². The van der Waals surface area contributed by atoms with E-state index >= 15 is 0 Å². The Morgan fingerprint density at radius 1 is 0.920 bits per heavy atom. The molecule has 5 heteroatoms. The number of thiophene rings is 1. The van der Waals surface area contributed by atoms with Crippen molar-refractivity contribution >= 4 is 21.6 Å². The van der Waals surface area contributed by atoms with Gasteiger partial charge in [0.05, 0.1) is 18.2 Å². The van der Waals surface area contributed by atoms with E-state index in [9.17, 15) is 0 Å². The maximum Gasteiger partial charge on any atom is 0.225 e. The lowest BCUT2D eigenvalue weighted by Crippen LogP contribution is -1.97. The zero-order chi connectivity index (χ0) is 17.4. The standard InChI is InChI=1S/C20H17N3OS/c1-12-7-8-13(2)15(11-12)16-5-4-6-17(21-16)18-22-19(24-3)14-9-10-25-20(14)23-18/h4-11H,1-3H3. The van der Waals surface area contributed by atoms with Crippen LogP contribution in [-0.4, -0.2) is 22.1 Å². The highest BCUT2D eigenvalue weighted by molar-refractivity contribution is 7.16. The zero-order valence-corrected chi connectivity index (χ0v) is 15.1. The van der Waals surface area contributed by atoms with Crippen molar-refractivity contribution in [3.63, 3.8) is 0 Å². The molecule has 4 rings (SSSR count). The smallest absolute Gasteiger partial charge is 0.225 e. The van der Waals surface area contributed by atoms with Crippen molar-refractivity contribution in [3.8, 4) is 28.7 Å². The van der Waals surface area contributed by atoms with E-state index in [2.05, 4.69) is 42.0 Å². The fourth-order valence-electron chi connectivity index (χ4n) is 2.82. The van der Waals surface area contributed by atoms with Crippen LogP contribution < -0.4 is 4.74 Å². The minimum Gasteiger partial charge on any atom is -0.480 e. The summed E-state index contributed by atoms with van der Waals surface area (Å²) in [5.74, 6) is 1.17. The molecule has 0 aliphatic rings. The van der Waals surface area contributed by atoms with Gasteiger partial charge in [0.25, 0.3) is 0 Å². The number of aryl methyl sites for hydroxylation is 2. The normalized spacial score (nSPS) is 11.0. The molecule has 0 fully saturated rings. The first kappa shape index (κ1) is 15.7. The van der Waals surface area contributed by atoms with Crippen LogP contribution in [0.5, 0.6) is 5.88 Å². The van der Waals surface area contributed by atoms with Gasteiger partial charge in [0.1, 0.15) is 10.5 Å². The van der Waals surface area contributed by atoms with E-state index in [0.29, 0.717) is 11.7 Å². The van der Waals surface area contributed by atoms with E-state index in [-0.39, 0.29) is 0 Å². The predicted octanol–water partition coefficient (Wildman–Crippen LogP) is 5.05. The van der Waals surface area contributed by atoms with E-state index in [1.165, 1.54) is 11.1 Å². The number of ether oxygens (including phenoxy) is 1. The third kappa shape index (κ3) is 2.87. The molecular weight excluding hydrogens is 330 g/mol. The number of hydrogen-bond donors (Lipinski definition) is 0. The van der Waals surface area contributed by atoms with Gasteiger partial charge < -0.3 is 4.74 Å². The molecule has 0 spiro atoms. The molecule has 1 aromatic carbocycles. The van der Waals surface area contributed by atoms with E-state index in [1.54, 1.807) is 18.4 Å². The SMILES string of the molecule is COc1nc(-c2cccc(-c3cc(C)ccc3C)n2)nc2sccc12. The molecule has 0 aliphatic heterocycles. The summed E-state index contributed by atoms with van der Waals surface area (Å²) in [4.78, 5) is 14.9. The largest absolute Gasteiger partial charge is 0.480 e. The Morgan fingerprint density at radius 2 is 1.76 bits per heavy atom. The van der Waals surface area contributed by atoms with Crippen molar-refractivity contribution in [2.75, 3.05) is 7.11 Å². The first-order chi connectivity index (χ1) is 12.2. The van der Waals surface area contributed by atoms with Crippen LogP contribution in [0, 0.1) is 13.8 Å². The molecule has 0 aliphatic carbocycles. The lowest BCUT2D eigenvalue weighted by molar-refractivity contribution is 0.403. The van der Waals surface area contributed by atoms with Crippen LogP contribution >= 0.6 is 11.3 Å². The van der Waals surface area contributed by atoms with Gasteiger partial charge in [-0.2, -0.15) is 4.98 Å². The molecule has 0 radical (unpaired) electrons. The quantitative estimate of drug-likeness (QED) is 0.520. The number of hydrogen-bond acceptors (Lipinski definition) is 5. The van der Waals surface area contributed by atoms with Gasteiger partial charge >= 0.3 is 0 Å². The van der Waals surface area contributed by atoms with Gasteiger partial charge in [-0.1, -0.05) is 23.8 Å². The van der Waals surface area contributed by atoms with Crippen molar-refractivity contribution in [2.45, 2.75) is 13.8 Å². The molecule has 3 heterocycles. The molecule has 4 aromatic rings. The first-order valence-electron chi connectivity index (χ1n) is 8.00. The van der Waals surface area contributed by atoms with Crippen LogP contribution in [0.15, 0.2) is 47.8 Å². The molecule has 0 bridgehead atoms. The summed E-state index contributed by atoms with van der Waals surface area (Å²) < 4.78 is 5.43. The van der Waals surface area contributed by atoms with Crippen molar-refractivity contribution in [2.24, 2.45) is 0 Å². The molecule has 3 aromatic heterocycles. The number of rotatable bonds is 3. The Hall–Kier alpha value is -2.79. The number of fused-ring (bicyclic) bond motifs is 1. The molecule has 25 heavy (non-hydrogen) atoms. The molecule has 0 amide bonds. The van der Waals surface area contributed by atoms with E-state index in [0.717, 1.165) is 27.2 Å². The second-order valence-electron chi connectivity index (χ2n) is 5.92. The Balaban J connectivity index is 1.86. The van der Waals surface area contributed by atoms with Crippen molar-refractivity contribution < 1.29 is 4.74 Å². The summed E-state index contributed by atoms with van der Waals surface area (Å²) >= 11 is 1.57. The average Bonchev–Trinajstić information content (AvgIpc) is 3.11. The Kier molecular flexibility index (Phi) is 3.93. The first-order valence-corrected chi connectivity index (χ1v) is 8.88. The highest BCUT2D eigenvalue weighted by Crippen LogP contribution is 2.30. The maximum absolute atomic E-state index is 5.43. The van der Waals surface area contributed by atoms with Gasteiger partial charge in [-0.15, -0.1) is 11.3 Å². The highest BCUT2D eigenvalue weighted by atomic mass is 32.1. The summed E-state index contributed by atoms with van der Waals surface area (Å²) in [6.07, 6.45) is 0. The van der Waals surface area contributed by atoms with Crippen LogP contribution in [0.25, 0.3) is 33.0 Å². The second kappa shape index (κ2) is 6.26. The van der Waals surface area contributed by atoms with Crippen LogP contribution in [0.1, 0.15) is 11.1 Å². The summed E-state index contributed by atoms with van der Waals surface area (Å²) in [6.45, 7) is 4.19. The summed E-state index contributed by atoms with van der Waals surface area (Å²) in [5.41, 5.74) is 5.21. The fourth-order valence-corrected chi connectivity index (χ4v) is 3.57. The summed E-state index contributed by atoms with van der Waals surface area (Å²) in [7, 11) is 1.63. The molecule has 4 nitrogen and oxygen atoms in total. The minimum absolute atomic E-state index is 0.582. The number of methoxy groups -OCH3 is 1. The number of pyridine rings is 1. The predicted molar refractivity (Wildman–Crippen MR) is 102 cm³/mol. The van der Waals surface area contributed by atoms with Crippen LogP contribution in [0.4, 0.5) is 0 Å². The number of aromatic nitrogens is 3. The average molecular weight is 347 g/mol. The van der Waals surface area contributed by atoms with E-state index in [1.807, 2.05) is 29.6 Å². The minimum atomic E-state index is 0.582. The molecular formula is C20H17N3OS. The van der Waals surface area contributed by atoms with Gasteiger partial charge in [-0.3, -0.25) is 0 Å². The van der Waals surface area contributed by atoms with E-state index < -0.39 is 0 Å². The summed E-state index contributed by atoms with van der Waals surface area (Å²) in [5, 5.41) is 2.92. The van der Waals surface area contributed by atoms with Crippen molar-refractivity contribution in [1.29, 1.82) is 0 Å². The van der Waals surface area contributed by atoms with Crippen LogP contribution in [0.3, 0.4) is 0 Å². The Labute approximate surface area is 150 Å². The third-order valence-corrected chi connectivity index (χ3v) is 4.94. The van der Waals surface area contributed by atoms with E-state index in [4.69, 9.17) is 9.72 Å². The third-order valence-electron chi connectivity index (χ3n) is 4.13. The van der Waals surface area contributed by atoms with Gasteiger partial charge in [0, 0.05) is 5.56 Å². The van der Waals surface area contributed by atoms with Crippen molar-refractivity contribution in [3.05, 3.63) is 59.0 Å². The van der Waals surface area contributed by atoms with Gasteiger partial charge in [-0.05, 0) is 49.1 Å². The maximum atomic E-state index is 5.43. The van der Waals surface area contributed by atoms with Crippen LogP contribution in [-0.2, 0) is 0 Å². The topological polar surface area (TPSA) is 47.9 Å². The second-order valence-corrected chi connectivity index (χ2v) is 6.82. The lowest BCUT2D eigenvalue weighted by atomic mass is 10.0. The lowest BCUT2D eigenvalue weighted by Gasteiger charge is -2.09. The van der Waals surface area contributed by atoms with Gasteiger partial charge in [-0.25, -0.2) is 9.97 Å².